The molecule has 0 aliphatic heterocycles. The molecule has 1 aromatic carbocycles. The minimum atomic E-state index is -0.852. The van der Waals surface area contributed by atoms with Gasteiger partial charge >= 0.3 is 5.97 Å². The molecule has 1 N–H and O–H groups in total. The minimum Gasteiger partial charge on any atom is -0.480 e. The molecule has 0 spiro atoms. The Morgan fingerprint density at radius 1 is 1.32 bits per heavy atom. The number of benzene rings is 1. The van der Waals surface area contributed by atoms with Gasteiger partial charge in [-0.15, -0.1) is 0 Å². The number of rotatable bonds is 4. The van der Waals surface area contributed by atoms with E-state index in [1.54, 1.807) is 15.9 Å². The number of aromatic nitrogens is 2. The minimum absolute atomic E-state index is 0.0556. The van der Waals surface area contributed by atoms with Gasteiger partial charge in [-0.1, -0.05) is 12.1 Å². The van der Waals surface area contributed by atoms with Crippen molar-refractivity contribution in [2.45, 2.75) is 13.0 Å². The Morgan fingerprint density at radius 3 is 2.89 bits per heavy atom. The van der Waals surface area contributed by atoms with Crippen LogP contribution in [0.25, 0.3) is 11.0 Å². The second kappa shape index (κ2) is 4.85. The number of carboxylic acid groups (broad SMARTS) is 1. The third kappa shape index (κ3) is 2.37. The molecular formula is C14H12N2O2S. The average molecular weight is 272 g/mol. The van der Waals surface area contributed by atoms with Crippen LogP contribution in [0.2, 0.25) is 0 Å². The van der Waals surface area contributed by atoms with Crippen LogP contribution in [0.5, 0.6) is 0 Å². The highest BCUT2D eigenvalue weighted by atomic mass is 32.1. The van der Waals surface area contributed by atoms with Gasteiger partial charge in [-0.25, -0.2) is 4.98 Å². The fraction of sp³-hybridized carbons (Fsp3) is 0.143. The summed E-state index contributed by atoms with van der Waals surface area (Å²) in [5.74, 6) is -0.0586. The van der Waals surface area contributed by atoms with Crippen LogP contribution in [0.3, 0.4) is 0 Å². The predicted molar refractivity (Wildman–Crippen MR) is 74.5 cm³/mol. The van der Waals surface area contributed by atoms with Gasteiger partial charge in [-0.05, 0) is 34.5 Å². The van der Waals surface area contributed by atoms with Crippen LogP contribution in [0.4, 0.5) is 0 Å². The largest absolute Gasteiger partial charge is 0.480 e. The molecule has 2 aromatic heterocycles. The molecule has 4 nitrogen and oxygen atoms in total. The second-order valence-corrected chi connectivity index (χ2v) is 5.09. The smallest absolute Gasteiger partial charge is 0.323 e. The fourth-order valence-corrected chi connectivity index (χ4v) is 2.82. The van der Waals surface area contributed by atoms with Crippen molar-refractivity contribution in [3.05, 3.63) is 52.5 Å². The standard InChI is InChI=1S/C14H12N2O2S/c17-14(18)8-16-12-4-2-1-3-11(12)15-13(16)7-10-5-6-19-9-10/h1-6,9H,7-8H2,(H,17,18). The number of fused-ring (bicyclic) bond motifs is 1. The zero-order chi connectivity index (χ0) is 13.2. The maximum absolute atomic E-state index is 11.0. The van der Waals surface area contributed by atoms with Gasteiger partial charge in [0.25, 0.3) is 0 Å². The number of aliphatic carboxylic acids is 1. The van der Waals surface area contributed by atoms with E-state index in [9.17, 15) is 4.79 Å². The number of hydrogen-bond acceptors (Lipinski definition) is 3. The number of carbonyl (C=O) groups is 1. The molecule has 96 valence electrons. The lowest BCUT2D eigenvalue weighted by molar-refractivity contribution is -0.137. The quantitative estimate of drug-likeness (QED) is 0.794. The van der Waals surface area contributed by atoms with Crippen LogP contribution in [-0.2, 0) is 17.8 Å². The first-order chi connectivity index (χ1) is 9.24. The van der Waals surface area contributed by atoms with Crippen molar-refractivity contribution in [2.24, 2.45) is 0 Å². The van der Waals surface area contributed by atoms with Crippen LogP contribution < -0.4 is 0 Å². The lowest BCUT2D eigenvalue weighted by Crippen LogP contribution is -2.12. The van der Waals surface area contributed by atoms with Crippen LogP contribution in [0, 0.1) is 0 Å². The SMILES string of the molecule is O=C(O)Cn1c(Cc2ccsc2)nc2ccccc21. The molecule has 0 atom stereocenters. The molecule has 0 bridgehead atoms. The lowest BCUT2D eigenvalue weighted by Gasteiger charge is -2.05. The molecular weight excluding hydrogens is 260 g/mol. The third-order valence-corrected chi connectivity index (χ3v) is 3.70. The molecule has 2 heterocycles. The molecule has 0 saturated heterocycles. The van der Waals surface area contributed by atoms with Crippen molar-refractivity contribution < 1.29 is 9.90 Å². The number of carboxylic acids is 1. The Balaban J connectivity index is 2.08. The first-order valence-electron chi connectivity index (χ1n) is 5.91. The number of hydrogen-bond donors (Lipinski definition) is 1. The molecule has 5 heteroatoms. The molecule has 0 aliphatic carbocycles. The second-order valence-electron chi connectivity index (χ2n) is 4.31. The van der Waals surface area contributed by atoms with E-state index in [0.29, 0.717) is 6.42 Å². The van der Waals surface area contributed by atoms with Gasteiger partial charge in [0.15, 0.2) is 0 Å². The first kappa shape index (κ1) is 11.9. The number of thiophene rings is 1. The summed E-state index contributed by atoms with van der Waals surface area (Å²) in [6, 6.07) is 9.66. The molecule has 19 heavy (non-hydrogen) atoms. The first-order valence-corrected chi connectivity index (χ1v) is 6.85. The van der Waals surface area contributed by atoms with Gasteiger partial charge in [0, 0.05) is 6.42 Å². The van der Waals surface area contributed by atoms with Gasteiger partial charge in [-0.2, -0.15) is 11.3 Å². The molecule has 0 radical (unpaired) electrons. The molecule has 3 aromatic rings. The highest BCUT2D eigenvalue weighted by Crippen LogP contribution is 2.19. The van der Waals surface area contributed by atoms with E-state index in [0.717, 1.165) is 22.4 Å². The average Bonchev–Trinajstić information content (AvgIpc) is 2.99. The highest BCUT2D eigenvalue weighted by Gasteiger charge is 2.13. The van der Waals surface area contributed by atoms with E-state index in [1.807, 2.05) is 35.7 Å². The zero-order valence-corrected chi connectivity index (χ0v) is 10.9. The Labute approximate surface area is 113 Å². The normalized spacial score (nSPS) is 10.9. The van der Waals surface area contributed by atoms with E-state index >= 15 is 0 Å². The van der Waals surface area contributed by atoms with E-state index in [-0.39, 0.29) is 6.54 Å². The molecule has 0 saturated carbocycles. The Bertz CT molecular complexity index is 716. The van der Waals surface area contributed by atoms with Gasteiger partial charge in [-0.3, -0.25) is 4.79 Å². The molecule has 0 fully saturated rings. The summed E-state index contributed by atoms with van der Waals surface area (Å²) in [6.45, 7) is -0.0556. The highest BCUT2D eigenvalue weighted by molar-refractivity contribution is 7.07. The van der Waals surface area contributed by atoms with E-state index in [4.69, 9.17) is 5.11 Å². The number of imidazole rings is 1. The molecule has 3 rings (SSSR count). The maximum Gasteiger partial charge on any atom is 0.323 e. The summed E-state index contributed by atoms with van der Waals surface area (Å²) < 4.78 is 1.77. The van der Waals surface area contributed by atoms with Crippen LogP contribution in [0.1, 0.15) is 11.4 Å². The van der Waals surface area contributed by atoms with Gasteiger partial charge in [0.1, 0.15) is 12.4 Å². The van der Waals surface area contributed by atoms with Crippen molar-refractivity contribution in [3.63, 3.8) is 0 Å². The lowest BCUT2D eigenvalue weighted by atomic mass is 10.2. The summed E-state index contributed by atoms with van der Waals surface area (Å²) in [7, 11) is 0. The summed E-state index contributed by atoms with van der Waals surface area (Å²) in [6.07, 6.45) is 0.658. The summed E-state index contributed by atoms with van der Waals surface area (Å²) in [4.78, 5) is 15.6. The Hall–Kier alpha value is -2.14. The van der Waals surface area contributed by atoms with E-state index in [2.05, 4.69) is 10.4 Å². The van der Waals surface area contributed by atoms with Crippen molar-refractivity contribution in [1.29, 1.82) is 0 Å². The number of nitrogens with zero attached hydrogens (tertiary/aromatic N) is 2. The van der Waals surface area contributed by atoms with Crippen molar-refractivity contribution in [1.82, 2.24) is 9.55 Å². The van der Waals surface area contributed by atoms with Crippen molar-refractivity contribution in [2.75, 3.05) is 0 Å². The Kier molecular flexibility index (Phi) is 3.05. The summed E-state index contributed by atoms with van der Waals surface area (Å²) in [5.41, 5.74) is 2.87. The summed E-state index contributed by atoms with van der Waals surface area (Å²) in [5, 5.41) is 13.1. The monoisotopic (exact) mass is 272 g/mol. The Morgan fingerprint density at radius 2 is 2.16 bits per heavy atom. The number of para-hydroxylation sites is 2. The molecule has 0 amide bonds. The van der Waals surface area contributed by atoms with E-state index in [1.165, 1.54) is 0 Å². The molecule has 0 unspecified atom stereocenters. The molecule has 0 aliphatic rings. The fourth-order valence-electron chi connectivity index (χ4n) is 2.15. The topological polar surface area (TPSA) is 55.1 Å². The van der Waals surface area contributed by atoms with Crippen molar-refractivity contribution in [3.8, 4) is 0 Å². The van der Waals surface area contributed by atoms with Gasteiger partial charge in [0.05, 0.1) is 11.0 Å². The van der Waals surface area contributed by atoms with Crippen molar-refractivity contribution >= 4 is 28.3 Å². The van der Waals surface area contributed by atoms with Crippen LogP contribution in [0.15, 0.2) is 41.1 Å². The summed E-state index contributed by atoms with van der Waals surface area (Å²) >= 11 is 1.63. The van der Waals surface area contributed by atoms with Gasteiger partial charge < -0.3 is 9.67 Å². The van der Waals surface area contributed by atoms with Gasteiger partial charge in [0.2, 0.25) is 0 Å². The maximum atomic E-state index is 11.0. The van der Waals surface area contributed by atoms with Crippen LogP contribution >= 0.6 is 11.3 Å². The zero-order valence-electron chi connectivity index (χ0n) is 10.1. The van der Waals surface area contributed by atoms with E-state index < -0.39 is 5.97 Å². The predicted octanol–water partition coefficient (Wildman–Crippen LogP) is 2.77. The van der Waals surface area contributed by atoms with Crippen LogP contribution in [-0.4, -0.2) is 20.6 Å². The third-order valence-electron chi connectivity index (χ3n) is 2.97.